The topological polar surface area (TPSA) is 38.3 Å². The molecule has 0 aromatic rings. The van der Waals surface area contributed by atoms with Gasteiger partial charge in [0.15, 0.2) is 0 Å². The molecule has 3 heteroatoms. The van der Waals surface area contributed by atoms with Crippen LogP contribution in [-0.4, -0.2) is 25.2 Å². The highest BCUT2D eigenvalue weighted by Gasteiger charge is 2.30. The van der Waals surface area contributed by atoms with Crippen molar-refractivity contribution in [1.82, 2.24) is 5.32 Å². The van der Waals surface area contributed by atoms with Crippen LogP contribution in [0.4, 0.5) is 0 Å². The molecule has 1 atom stereocenters. The molecule has 0 fully saturated rings. The van der Waals surface area contributed by atoms with E-state index in [2.05, 4.69) is 17.5 Å². The Morgan fingerprint density at radius 1 is 1.71 bits per heavy atom. The predicted octanol–water partition coefficient (Wildman–Crippen LogP) is 1.17. The van der Waals surface area contributed by atoms with Gasteiger partial charge in [0.25, 0.3) is 0 Å². The summed E-state index contributed by atoms with van der Waals surface area (Å²) in [5.41, 5.74) is 2.50. The zero-order valence-electron chi connectivity index (χ0n) is 8.38. The van der Waals surface area contributed by atoms with Gasteiger partial charge < -0.3 is 4.74 Å². The number of hydrogen-bond acceptors (Lipinski definition) is 3. The summed E-state index contributed by atoms with van der Waals surface area (Å²) in [7, 11) is 0. The van der Waals surface area contributed by atoms with Gasteiger partial charge in [-0.05, 0) is 25.3 Å². The van der Waals surface area contributed by atoms with Gasteiger partial charge in [-0.3, -0.25) is 5.32 Å². The minimum Gasteiger partial charge on any atom is -0.465 e. The lowest BCUT2D eigenvalue weighted by Crippen LogP contribution is -2.34. The van der Waals surface area contributed by atoms with E-state index in [0.29, 0.717) is 6.61 Å². The van der Waals surface area contributed by atoms with Crippen LogP contribution in [0.3, 0.4) is 0 Å². The minimum atomic E-state index is -0.221. The number of carbonyl (C=O) groups is 1. The van der Waals surface area contributed by atoms with Gasteiger partial charge >= 0.3 is 5.97 Å². The van der Waals surface area contributed by atoms with Crippen molar-refractivity contribution in [2.24, 2.45) is 0 Å². The molecule has 1 unspecified atom stereocenters. The van der Waals surface area contributed by atoms with E-state index in [-0.39, 0.29) is 12.0 Å². The maximum atomic E-state index is 11.5. The van der Waals surface area contributed by atoms with Crippen LogP contribution in [0.1, 0.15) is 19.8 Å². The maximum Gasteiger partial charge on any atom is 0.327 e. The molecule has 0 saturated heterocycles. The van der Waals surface area contributed by atoms with E-state index in [0.717, 1.165) is 25.0 Å². The van der Waals surface area contributed by atoms with Crippen LogP contribution >= 0.6 is 0 Å². The number of carbonyl (C=O) groups excluding carboxylic acids is 1. The first-order valence-electron chi connectivity index (χ1n) is 5.11. The lowest BCUT2D eigenvalue weighted by atomic mass is 9.96. The first-order valence-corrected chi connectivity index (χ1v) is 5.11. The van der Waals surface area contributed by atoms with E-state index in [1.165, 1.54) is 5.57 Å². The molecule has 3 nitrogen and oxygen atoms in total. The number of hydrogen-bond donors (Lipinski definition) is 1. The Bertz CT molecular complexity index is 304. The zero-order chi connectivity index (χ0) is 9.97. The van der Waals surface area contributed by atoms with E-state index in [9.17, 15) is 4.79 Å². The van der Waals surface area contributed by atoms with Crippen LogP contribution in [0.25, 0.3) is 0 Å². The molecule has 0 aromatic heterocycles. The Kier molecular flexibility index (Phi) is 2.68. The van der Waals surface area contributed by atoms with Gasteiger partial charge in [0.05, 0.1) is 6.61 Å². The first kappa shape index (κ1) is 9.46. The van der Waals surface area contributed by atoms with Gasteiger partial charge in [0.1, 0.15) is 6.04 Å². The fourth-order valence-electron chi connectivity index (χ4n) is 1.99. The molecule has 2 rings (SSSR count). The second-order valence-corrected chi connectivity index (χ2v) is 3.57. The molecule has 0 bridgehead atoms. The third-order valence-electron chi connectivity index (χ3n) is 2.67. The number of allylic oxidation sites excluding steroid dienone is 1. The standard InChI is InChI=1S/C11H15NO2/c1-2-14-11(13)10-9-6-4-3-5-8(9)7-12-10/h4,6,10,12H,2-3,5,7H2,1H3. The molecule has 1 heterocycles. The van der Waals surface area contributed by atoms with Crippen LogP contribution in [0.15, 0.2) is 23.3 Å². The third kappa shape index (κ3) is 1.60. The molecule has 2 aliphatic rings. The average molecular weight is 193 g/mol. The Balaban J connectivity index is 2.12. The van der Waals surface area contributed by atoms with Crippen LogP contribution in [-0.2, 0) is 9.53 Å². The monoisotopic (exact) mass is 193 g/mol. The summed E-state index contributed by atoms with van der Waals surface area (Å²) in [4.78, 5) is 11.5. The van der Waals surface area contributed by atoms with Crippen LogP contribution in [0.2, 0.25) is 0 Å². The molecule has 0 spiro atoms. The summed E-state index contributed by atoms with van der Waals surface area (Å²) in [5, 5.41) is 3.18. The van der Waals surface area contributed by atoms with Crippen molar-refractivity contribution >= 4 is 5.97 Å². The van der Waals surface area contributed by atoms with E-state index in [1.807, 2.05) is 6.92 Å². The first-order chi connectivity index (χ1) is 6.83. The minimum absolute atomic E-state index is 0.149. The molecule has 1 aliphatic carbocycles. The largest absolute Gasteiger partial charge is 0.465 e. The van der Waals surface area contributed by atoms with Crippen molar-refractivity contribution in [3.8, 4) is 0 Å². The Labute approximate surface area is 83.8 Å². The number of nitrogens with one attached hydrogen (secondary N) is 1. The normalized spacial score (nSPS) is 25.1. The number of rotatable bonds is 2. The molecule has 0 radical (unpaired) electrons. The molecule has 76 valence electrons. The Hall–Kier alpha value is -1.09. The summed E-state index contributed by atoms with van der Waals surface area (Å²) in [5.74, 6) is -0.149. The molecule has 0 saturated carbocycles. The smallest absolute Gasteiger partial charge is 0.327 e. The van der Waals surface area contributed by atoms with Crippen molar-refractivity contribution in [1.29, 1.82) is 0 Å². The van der Waals surface area contributed by atoms with Crippen molar-refractivity contribution in [2.75, 3.05) is 13.2 Å². The SMILES string of the molecule is CCOC(=O)C1NCC2=C1C=CCC2. The molecule has 1 aliphatic heterocycles. The van der Waals surface area contributed by atoms with E-state index >= 15 is 0 Å². The molecule has 0 amide bonds. The summed E-state index contributed by atoms with van der Waals surface area (Å²) < 4.78 is 5.01. The second-order valence-electron chi connectivity index (χ2n) is 3.57. The summed E-state index contributed by atoms with van der Waals surface area (Å²) in [6.07, 6.45) is 6.35. The van der Waals surface area contributed by atoms with Crippen LogP contribution in [0.5, 0.6) is 0 Å². The molecular formula is C11H15NO2. The molecule has 14 heavy (non-hydrogen) atoms. The quantitative estimate of drug-likeness (QED) is 0.669. The molecule has 1 N–H and O–H groups in total. The van der Waals surface area contributed by atoms with Gasteiger partial charge in [0.2, 0.25) is 0 Å². The van der Waals surface area contributed by atoms with Gasteiger partial charge in [0, 0.05) is 6.54 Å². The van der Waals surface area contributed by atoms with E-state index in [4.69, 9.17) is 4.74 Å². The fraction of sp³-hybridized carbons (Fsp3) is 0.545. The summed E-state index contributed by atoms with van der Waals surface area (Å²) in [6, 6.07) is -0.221. The fourth-order valence-corrected chi connectivity index (χ4v) is 1.99. The highest BCUT2D eigenvalue weighted by atomic mass is 16.5. The lowest BCUT2D eigenvalue weighted by molar-refractivity contribution is -0.144. The maximum absolute atomic E-state index is 11.5. The Morgan fingerprint density at radius 3 is 3.36 bits per heavy atom. The van der Waals surface area contributed by atoms with Gasteiger partial charge in [-0.1, -0.05) is 17.7 Å². The van der Waals surface area contributed by atoms with Crippen molar-refractivity contribution in [3.63, 3.8) is 0 Å². The Morgan fingerprint density at radius 2 is 2.57 bits per heavy atom. The summed E-state index contributed by atoms with van der Waals surface area (Å²) in [6.45, 7) is 3.12. The predicted molar refractivity (Wildman–Crippen MR) is 53.8 cm³/mol. The van der Waals surface area contributed by atoms with Crippen molar-refractivity contribution < 1.29 is 9.53 Å². The highest BCUT2D eigenvalue weighted by molar-refractivity contribution is 5.82. The highest BCUT2D eigenvalue weighted by Crippen LogP contribution is 2.26. The van der Waals surface area contributed by atoms with Crippen LogP contribution < -0.4 is 5.32 Å². The van der Waals surface area contributed by atoms with Gasteiger partial charge in [-0.2, -0.15) is 0 Å². The average Bonchev–Trinajstić information content (AvgIpc) is 2.61. The van der Waals surface area contributed by atoms with Crippen molar-refractivity contribution in [3.05, 3.63) is 23.3 Å². The van der Waals surface area contributed by atoms with E-state index < -0.39 is 0 Å². The molecule has 0 aromatic carbocycles. The lowest BCUT2D eigenvalue weighted by Gasteiger charge is -2.13. The zero-order valence-corrected chi connectivity index (χ0v) is 8.38. The third-order valence-corrected chi connectivity index (χ3v) is 2.67. The second kappa shape index (κ2) is 3.96. The van der Waals surface area contributed by atoms with Crippen LogP contribution in [0, 0.1) is 0 Å². The number of esters is 1. The van der Waals surface area contributed by atoms with Gasteiger partial charge in [-0.25, -0.2) is 4.79 Å². The van der Waals surface area contributed by atoms with Gasteiger partial charge in [-0.15, -0.1) is 0 Å². The summed E-state index contributed by atoms with van der Waals surface area (Å²) >= 11 is 0. The number of ether oxygens (including phenoxy) is 1. The van der Waals surface area contributed by atoms with E-state index in [1.54, 1.807) is 0 Å². The molecular weight excluding hydrogens is 178 g/mol. The van der Waals surface area contributed by atoms with Crippen molar-refractivity contribution in [2.45, 2.75) is 25.8 Å².